The molecule has 0 bridgehead atoms. The third-order valence-electron chi connectivity index (χ3n) is 2.87. The maximum atomic E-state index is 6.04. The molecule has 2 aromatic carbocycles. The number of hydrogen-bond acceptors (Lipinski definition) is 8. The summed E-state index contributed by atoms with van der Waals surface area (Å²) in [5, 5.41) is 7.70. The first kappa shape index (κ1) is 20.9. The molecule has 0 aliphatic carbocycles. The number of hydrogen-bond donors (Lipinski definition) is 4. The van der Waals surface area contributed by atoms with Crippen LogP contribution in [0.1, 0.15) is 0 Å². The minimum absolute atomic E-state index is 0.434. The van der Waals surface area contributed by atoms with Gasteiger partial charge in [0.25, 0.3) is 0 Å². The maximum Gasteiger partial charge on any atom is 0.212 e. The minimum Gasteiger partial charge on any atom is -0.333 e. The fourth-order valence-corrected chi connectivity index (χ4v) is 3.39. The second kappa shape index (κ2) is 11.4. The Balaban J connectivity index is 0.00000151. The summed E-state index contributed by atoms with van der Waals surface area (Å²) in [5.74, 6) is 17.5. The van der Waals surface area contributed by atoms with Crippen molar-refractivity contribution >= 4 is 38.1 Å². The van der Waals surface area contributed by atoms with Gasteiger partial charge in [0, 0.05) is 0 Å². The molecule has 0 aliphatic rings. The topological polar surface area (TPSA) is 123 Å². The molecule has 0 atom stereocenters. The van der Waals surface area contributed by atoms with Crippen molar-refractivity contribution < 1.29 is 0 Å². The highest BCUT2D eigenvalue weighted by Gasteiger charge is 2.14. The smallest absolute Gasteiger partial charge is 0.212 e. The van der Waals surface area contributed by atoms with E-state index in [-0.39, 0.29) is 0 Å². The van der Waals surface area contributed by atoms with Crippen molar-refractivity contribution in [3.05, 3.63) is 72.3 Å². The van der Waals surface area contributed by atoms with Crippen molar-refractivity contribution in [2.24, 2.45) is 28.4 Å². The van der Waals surface area contributed by atoms with Crippen LogP contribution >= 0.6 is 21.6 Å². The zero-order valence-corrected chi connectivity index (χ0v) is 15.6. The highest BCUT2D eigenvalue weighted by molar-refractivity contribution is 8.83. The third-order valence-corrected chi connectivity index (χ3v) is 5.06. The van der Waals surface area contributed by atoms with Crippen molar-refractivity contribution in [2.45, 2.75) is 0 Å². The Morgan fingerprint density at radius 3 is 1.72 bits per heavy atom. The highest BCUT2D eigenvalue weighted by atomic mass is 33.1. The Hall–Kier alpha value is -2.17. The van der Waals surface area contributed by atoms with Gasteiger partial charge in [-0.25, -0.2) is 11.7 Å². The van der Waals surface area contributed by atoms with Crippen molar-refractivity contribution in [2.75, 3.05) is 17.1 Å². The van der Waals surface area contributed by atoms with Crippen LogP contribution in [-0.2, 0) is 0 Å². The molecular weight excluding hydrogens is 354 g/mol. The lowest BCUT2D eigenvalue weighted by Gasteiger charge is -2.22. The van der Waals surface area contributed by atoms with Gasteiger partial charge in [-0.3, -0.25) is 10.0 Å². The first-order valence-electron chi connectivity index (χ1n) is 7.22. The fraction of sp³-hybridized carbons (Fsp3) is 0.0625. The summed E-state index contributed by atoms with van der Waals surface area (Å²) < 4.78 is 0. The summed E-state index contributed by atoms with van der Waals surface area (Å²) in [6.45, 7) is 3.96. The molecule has 25 heavy (non-hydrogen) atoms. The van der Waals surface area contributed by atoms with Crippen molar-refractivity contribution in [3.63, 3.8) is 0 Å². The summed E-state index contributed by atoms with van der Waals surface area (Å²) in [7, 11) is 4.10. The number of nitrogens with two attached hydrogens (primary N) is 4. The number of para-hydroxylation sites is 2. The van der Waals surface area contributed by atoms with Crippen LogP contribution in [0.2, 0.25) is 0 Å². The van der Waals surface area contributed by atoms with E-state index in [0.717, 1.165) is 11.4 Å². The summed E-state index contributed by atoms with van der Waals surface area (Å²) in [5.41, 5.74) is 6.12. The minimum atomic E-state index is 0.434. The summed E-state index contributed by atoms with van der Waals surface area (Å²) in [6.07, 6.45) is 0. The van der Waals surface area contributed by atoms with E-state index in [0.29, 0.717) is 10.2 Å². The van der Waals surface area contributed by atoms with Crippen molar-refractivity contribution in [1.29, 1.82) is 0 Å². The fourth-order valence-electron chi connectivity index (χ4n) is 1.68. The van der Waals surface area contributed by atoms with Gasteiger partial charge in [-0.2, -0.15) is 5.10 Å². The molecule has 0 amide bonds. The monoisotopic (exact) mass is 377 g/mol. The quantitative estimate of drug-likeness (QED) is 0.206. The first-order chi connectivity index (χ1) is 12.1. The Morgan fingerprint density at radius 1 is 0.840 bits per heavy atom. The van der Waals surface area contributed by atoms with E-state index in [9.17, 15) is 0 Å². The highest BCUT2D eigenvalue weighted by Crippen LogP contribution is 2.34. The van der Waals surface area contributed by atoms with E-state index in [1.807, 2.05) is 60.7 Å². The Morgan fingerprint density at radius 2 is 1.28 bits per heavy atom. The summed E-state index contributed by atoms with van der Waals surface area (Å²) in [4.78, 5) is 0. The molecule has 8 N–H and O–H groups in total. The van der Waals surface area contributed by atoms with Gasteiger partial charge in [-0.1, -0.05) is 43.0 Å². The van der Waals surface area contributed by atoms with Crippen LogP contribution in [0.5, 0.6) is 0 Å². The van der Waals surface area contributed by atoms with Gasteiger partial charge in [-0.15, -0.1) is 0 Å². The van der Waals surface area contributed by atoms with E-state index in [4.69, 9.17) is 17.5 Å². The van der Waals surface area contributed by atoms with Gasteiger partial charge in [0.05, 0.1) is 16.4 Å². The van der Waals surface area contributed by atoms with E-state index >= 15 is 0 Å². The Bertz CT molecular complexity index is 665. The SMILES string of the molecule is C=C(SS/C(=N/N)N(N)c1ccccc1)N(N)c1ccccc1.CN. The first-order valence-corrected chi connectivity index (χ1v) is 9.37. The van der Waals surface area contributed by atoms with Crippen LogP contribution in [0, 0.1) is 0 Å². The maximum absolute atomic E-state index is 6.04. The van der Waals surface area contributed by atoms with E-state index in [1.165, 1.54) is 38.7 Å². The lowest BCUT2D eigenvalue weighted by molar-refractivity contribution is 1.07. The third kappa shape index (κ3) is 6.33. The number of nitrogens with zero attached hydrogens (tertiary/aromatic N) is 3. The van der Waals surface area contributed by atoms with Crippen LogP contribution in [-0.4, -0.2) is 12.2 Å². The summed E-state index contributed by atoms with van der Waals surface area (Å²) >= 11 is 0. The number of benzene rings is 2. The van der Waals surface area contributed by atoms with E-state index in [2.05, 4.69) is 17.4 Å². The lowest BCUT2D eigenvalue weighted by Crippen LogP contribution is -2.36. The molecule has 2 rings (SSSR count). The molecule has 0 aliphatic heterocycles. The molecule has 0 aromatic heterocycles. The number of hydrazone groups is 1. The molecule has 9 heteroatoms. The molecule has 134 valence electrons. The van der Waals surface area contributed by atoms with Gasteiger partial charge in [0.1, 0.15) is 0 Å². The molecule has 0 saturated heterocycles. The van der Waals surface area contributed by atoms with Crippen LogP contribution in [0.25, 0.3) is 0 Å². The van der Waals surface area contributed by atoms with E-state index in [1.54, 1.807) is 0 Å². The van der Waals surface area contributed by atoms with Gasteiger partial charge in [0.2, 0.25) is 5.17 Å². The number of anilines is 2. The Labute approximate surface area is 156 Å². The molecule has 0 fully saturated rings. The molecular formula is C16H23N7S2. The average Bonchev–Trinajstić information content (AvgIpc) is 2.70. The van der Waals surface area contributed by atoms with Crippen molar-refractivity contribution in [1.82, 2.24) is 0 Å². The zero-order chi connectivity index (χ0) is 18.7. The lowest BCUT2D eigenvalue weighted by atomic mass is 10.3. The molecule has 7 nitrogen and oxygen atoms in total. The Kier molecular flexibility index (Phi) is 9.51. The van der Waals surface area contributed by atoms with Gasteiger partial charge < -0.3 is 11.6 Å². The molecule has 0 unspecified atom stereocenters. The standard InChI is InChI=1S/C15H18N6S2.CH5N/c1-12(20(17)13-8-4-2-5-9-13)22-23-15(19-16)21(18)14-10-6-3-7-11-14;1-2/h2-11H,1,16-18H2;2H2,1H3/b19-15+;. The van der Waals surface area contributed by atoms with Crippen LogP contribution in [0.4, 0.5) is 11.4 Å². The number of hydrazine groups is 2. The molecule has 0 spiro atoms. The molecule has 0 heterocycles. The largest absolute Gasteiger partial charge is 0.333 e. The summed E-state index contributed by atoms with van der Waals surface area (Å²) in [6, 6.07) is 18.9. The van der Waals surface area contributed by atoms with Crippen LogP contribution < -0.4 is 33.3 Å². The van der Waals surface area contributed by atoms with Gasteiger partial charge >= 0.3 is 0 Å². The normalized spacial score (nSPS) is 10.5. The number of rotatable bonds is 5. The predicted octanol–water partition coefficient (Wildman–Crippen LogP) is 2.40. The molecule has 0 radical (unpaired) electrons. The van der Waals surface area contributed by atoms with Crippen LogP contribution in [0.15, 0.2) is 77.4 Å². The van der Waals surface area contributed by atoms with Crippen molar-refractivity contribution in [3.8, 4) is 0 Å². The second-order valence-corrected chi connectivity index (χ2v) is 6.55. The average molecular weight is 378 g/mol. The van der Waals surface area contributed by atoms with Gasteiger partial charge in [-0.05, 0) is 52.9 Å². The zero-order valence-electron chi connectivity index (χ0n) is 13.9. The molecule has 2 aromatic rings. The predicted molar refractivity (Wildman–Crippen MR) is 112 cm³/mol. The van der Waals surface area contributed by atoms with Gasteiger partial charge in [0.15, 0.2) is 0 Å². The van der Waals surface area contributed by atoms with Crippen LogP contribution in [0.3, 0.4) is 0 Å². The second-order valence-electron chi connectivity index (χ2n) is 4.38. The molecule has 0 saturated carbocycles. The number of amidine groups is 1. The van der Waals surface area contributed by atoms with E-state index < -0.39 is 0 Å².